The summed E-state index contributed by atoms with van der Waals surface area (Å²) in [6.07, 6.45) is 0. The predicted molar refractivity (Wildman–Crippen MR) is 257 cm³/mol. The molecule has 0 bridgehead atoms. The zero-order valence-corrected chi connectivity index (χ0v) is 34.1. The average Bonchev–Trinajstić information content (AvgIpc) is 3.81. The Hall–Kier alpha value is -7.68. The van der Waals surface area contributed by atoms with Crippen LogP contribution in [0.4, 0.5) is 17.1 Å². The summed E-state index contributed by atoms with van der Waals surface area (Å²) in [5.41, 5.74) is 17.4. The molecule has 0 aliphatic heterocycles. The van der Waals surface area contributed by atoms with E-state index in [1.165, 1.54) is 66.1 Å². The van der Waals surface area contributed by atoms with Crippen LogP contribution in [-0.2, 0) is 5.41 Å². The minimum Gasteiger partial charge on any atom is -0.455 e. The molecule has 1 heterocycles. The summed E-state index contributed by atoms with van der Waals surface area (Å²) in [6, 6.07) is 77.4. The van der Waals surface area contributed by atoms with Gasteiger partial charge >= 0.3 is 0 Å². The molecule has 61 heavy (non-hydrogen) atoms. The number of para-hydroxylation sites is 2. The molecule has 0 amide bonds. The Morgan fingerprint density at radius 1 is 0.361 bits per heavy atom. The molecule has 0 spiro atoms. The van der Waals surface area contributed by atoms with Crippen LogP contribution in [-0.4, -0.2) is 0 Å². The van der Waals surface area contributed by atoms with Crippen molar-refractivity contribution in [3.63, 3.8) is 0 Å². The number of hydrogen-bond acceptors (Lipinski definition) is 2. The second-order valence-electron chi connectivity index (χ2n) is 16.8. The van der Waals surface area contributed by atoms with Crippen LogP contribution in [0.2, 0.25) is 0 Å². The highest BCUT2D eigenvalue weighted by Gasteiger charge is 2.36. The lowest BCUT2D eigenvalue weighted by molar-refractivity contribution is 0.660. The highest BCUT2D eigenvalue weighted by Crippen LogP contribution is 2.52. The minimum absolute atomic E-state index is 0.0758. The zero-order chi connectivity index (χ0) is 40.7. The van der Waals surface area contributed by atoms with E-state index in [1.807, 2.05) is 6.07 Å². The van der Waals surface area contributed by atoms with Gasteiger partial charge in [-0.05, 0) is 114 Å². The second kappa shape index (κ2) is 13.7. The van der Waals surface area contributed by atoms with Crippen LogP contribution in [0, 0.1) is 0 Å². The van der Waals surface area contributed by atoms with Gasteiger partial charge in [0.05, 0.1) is 0 Å². The van der Waals surface area contributed by atoms with Crippen molar-refractivity contribution in [3.05, 3.63) is 223 Å². The zero-order valence-electron chi connectivity index (χ0n) is 34.1. The monoisotopic (exact) mass is 779 g/mol. The average molecular weight is 780 g/mol. The fourth-order valence-electron chi connectivity index (χ4n) is 10.1. The fourth-order valence-corrected chi connectivity index (χ4v) is 10.1. The Morgan fingerprint density at radius 3 is 1.77 bits per heavy atom. The Balaban J connectivity index is 1.02. The second-order valence-corrected chi connectivity index (χ2v) is 16.8. The van der Waals surface area contributed by atoms with E-state index in [0.29, 0.717) is 0 Å². The van der Waals surface area contributed by atoms with Crippen molar-refractivity contribution >= 4 is 60.5 Å². The number of benzene rings is 10. The van der Waals surface area contributed by atoms with E-state index in [4.69, 9.17) is 4.42 Å². The number of fused-ring (bicyclic) bond motifs is 9. The minimum atomic E-state index is -0.0758. The van der Waals surface area contributed by atoms with E-state index < -0.39 is 0 Å². The summed E-state index contributed by atoms with van der Waals surface area (Å²) in [4.78, 5) is 2.40. The maximum Gasteiger partial charge on any atom is 0.143 e. The van der Waals surface area contributed by atoms with Gasteiger partial charge in [0.25, 0.3) is 0 Å². The molecular formula is C59H41NO. The third-order valence-electron chi connectivity index (χ3n) is 13.1. The molecule has 0 unspecified atom stereocenters. The number of rotatable bonds is 6. The normalized spacial score (nSPS) is 12.9. The molecule has 1 aromatic heterocycles. The number of furan rings is 1. The van der Waals surface area contributed by atoms with E-state index in [0.717, 1.165) is 50.1 Å². The van der Waals surface area contributed by atoms with Gasteiger partial charge in [-0.25, -0.2) is 0 Å². The summed E-state index contributed by atoms with van der Waals surface area (Å²) in [5, 5.41) is 7.32. The Bertz CT molecular complexity index is 3520. The van der Waals surface area contributed by atoms with E-state index in [9.17, 15) is 0 Å². The molecule has 11 aromatic rings. The molecule has 0 saturated heterocycles. The van der Waals surface area contributed by atoms with Crippen molar-refractivity contribution in [1.82, 2.24) is 0 Å². The maximum absolute atomic E-state index is 6.54. The van der Waals surface area contributed by atoms with Crippen LogP contribution in [0.3, 0.4) is 0 Å². The van der Waals surface area contributed by atoms with Crippen LogP contribution in [0.5, 0.6) is 0 Å². The molecule has 1 aliphatic rings. The SMILES string of the molecule is CC1(C)c2ccccc2-c2c(-c3cccc(N(c4ccc(-c5cccc6c5ccc5ccccc56)cc4)c4cccc(-c5cccc6c5oc5ccccc56)c4)c3)cccc21. The van der Waals surface area contributed by atoms with Crippen molar-refractivity contribution in [3.8, 4) is 44.5 Å². The van der Waals surface area contributed by atoms with E-state index >= 15 is 0 Å². The van der Waals surface area contributed by atoms with Crippen molar-refractivity contribution < 1.29 is 4.42 Å². The smallest absolute Gasteiger partial charge is 0.143 e. The summed E-state index contributed by atoms with van der Waals surface area (Å²) >= 11 is 0. The maximum atomic E-state index is 6.54. The molecule has 1 aliphatic carbocycles. The van der Waals surface area contributed by atoms with Crippen molar-refractivity contribution in [2.24, 2.45) is 0 Å². The molecule has 2 heteroatoms. The standard InChI is InChI=1S/C59H41NO/c1-59(2)54-27-7-5-21-53(54)57-47(23-13-28-55(57)59)40-15-9-17-43(36-40)60(44-18-10-16-41(37-44)48-24-12-26-52-51-20-6-8-29-56(51)61-58(48)52)42-33-30-39(31-34-42)46-22-11-25-49-45-19-4-3-14-38(45)32-35-50(46)49/h3-37H,1-2H3. The van der Waals surface area contributed by atoms with Crippen molar-refractivity contribution in [2.45, 2.75) is 19.3 Å². The first-order valence-electron chi connectivity index (χ1n) is 21.2. The Labute approximate surface area is 355 Å². The van der Waals surface area contributed by atoms with E-state index in [2.05, 4.69) is 225 Å². The highest BCUT2D eigenvalue weighted by molar-refractivity contribution is 6.12. The molecule has 0 atom stereocenters. The van der Waals surface area contributed by atoms with Gasteiger partial charge in [-0.15, -0.1) is 0 Å². The molecule has 0 radical (unpaired) electrons. The first-order valence-corrected chi connectivity index (χ1v) is 21.2. The lowest BCUT2D eigenvalue weighted by atomic mass is 9.82. The summed E-state index contributed by atoms with van der Waals surface area (Å²) in [5.74, 6) is 0. The van der Waals surface area contributed by atoms with Gasteiger partial charge < -0.3 is 9.32 Å². The van der Waals surface area contributed by atoms with Crippen LogP contribution < -0.4 is 4.90 Å². The van der Waals surface area contributed by atoms with Gasteiger partial charge in [0.1, 0.15) is 11.2 Å². The van der Waals surface area contributed by atoms with Gasteiger partial charge in [-0.3, -0.25) is 0 Å². The van der Waals surface area contributed by atoms with E-state index in [1.54, 1.807) is 0 Å². The van der Waals surface area contributed by atoms with Gasteiger partial charge in [0.15, 0.2) is 0 Å². The highest BCUT2D eigenvalue weighted by atomic mass is 16.3. The summed E-state index contributed by atoms with van der Waals surface area (Å²) in [7, 11) is 0. The third kappa shape index (κ3) is 5.56. The quantitative estimate of drug-likeness (QED) is 0.156. The number of hydrogen-bond donors (Lipinski definition) is 0. The lowest BCUT2D eigenvalue weighted by Crippen LogP contribution is -2.14. The Kier molecular flexibility index (Phi) is 7.92. The lowest BCUT2D eigenvalue weighted by Gasteiger charge is -2.27. The number of anilines is 3. The fraction of sp³-hybridized carbons (Fsp3) is 0.0508. The molecule has 0 N–H and O–H groups in total. The van der Waals surface area contributed by atoms with E-state index in [-0.39, 0.29) is 5.41 Å². The van der Waals surface area contributed by atoms with Crippen LogP contribution >= 0.6 is 0 Å². The predicted octanol–water partition coefficient (Wildman–Crippen LogP) is 16.7. The third-order valence-corrected chi connectivity index (χ3v) is 13.1. The molecule has 2 nitrogen and oxygen atoms in total. The molecule has 0 saturated carbocycles. The Morgan fingerprint density at radius 2 is 0.951 bits per heavy atom. The van der Waals surface area contributed by atoms with Crippen LogP contribution in [0.25, 0.3) is 88.0 Å². The summed E-state index contributed by atoms with van der Waals surface area (Å²) in [6.45, 7) is 4.70. The first-order chi connectivity index (χ1) is 30.0. The van der Waals surface area contributed by atoms with Crippen LogP contribution in [0.15, 0.2) is 217 Å². The topological polar surface area (TPSA) is 16.4 Å². The molecule has 0 fully saturated rings. The molecular weight excluding hydrogens is 739 g/mol. The molecule has 10 aromatic carbocycles. The summed E-state index contributed by atoms with van der Waals surface area (Å²) < 4.78 is 6.54. The largest absolute Gasteiger partial charge is 0.455 e. The van der Waals surface area contributed by atoms with Gasteiger partial charge in [0.2, 0.25) is 0 Å². The van der Waals surface area contributed by atoms with Crippen LogP contribution in [0.1, 0.15) is 25.0 Å². The van der Waals surface area contributed by atoms with Gasteiger partial charge in [-0.2, -0.15) is 0 Å². The number of nitrogens with zero attached hydrogens (tertiary/aromatic N) is 1. The van der Waals surface area contributed by atoms with Crippen molar-refractivity contribution in [2.75, 3.05) is 4.90 Å². The molecule has 12 rings (SSSR count). The van der Waals surface area contributed by atoms with Gasteiger partial charge in [0, 0.05) is 38.8 Å². The first kappa shape index (κ1) is 35.3. The van der Waals surface area contributed by atoms with Crippen molar-refractivity contribution in [1.29, 1.82) is 0 Å². The molecule has 288 valence electrons. The van der Waals surface area contributed by atoms with Gasteiger partial charge in [-0.1, -0.05) is 184 Å².